The fourth-order valence-electron chi connectivity index (χ4n) is 2.92. The van der Waals surface area contributed by atoms with Crippen LogP contribution in [0.4, 0.5) is 5.82 Å². The van der Waals surface area contributed by atoms with Gasteiger partial charge in [0.2, 0.25) is 5.91 Å². The fourth-order valence-corrected chi connectivity index (χ4v) is 2.92. The average Bonchev–Trinajstić information content (AvgIpc) is 2.85. The van der Waals surface area contributed by atoms with Crippen LogP contribution in [0.5, 0.6) is 17.2 Å². The van der Waals surface area contributed by atoms with Gasteiger partial charge >= 0.3 is 0 Å². The number of nitrogens with two attached hydrogens (primary N) is 1. The van der Waals surface area contributed by atoms with E-state index in [4.69, 9.17) is 15.2 Å². The SMILES string of the molecule is NC(=O)c1ccc(Oc2ccc(C(=O)Nc3ncccc3OCc3ccncc3)cc2)cc1. The molecular weight excluding hydrogens is 420 g/mol. The van der Waals surface area contributed by atoms with Gasteiger partial charge in [0.05, 0.1) is 0 Å². The van der Waals surface area contributed by atoms with Gasteiger partial charge < -0.3 is 20.5 Å². The number of primary amides is 1. The third-order valence-electron chi connectivity index (χ3n) is 4.64. The van der Waals surface area contributed by atoms with Crippen molar-refractivity contribution >= 4 is 17.6 Å². The first-order valence-electron chi connectivity index (χ1n) is 10.0. The lowest BCUT2D eigenvalue weighted by molar-refractivity contribution is 0.0997. The monoisotopic (exact) mass is 440 g/mol. The number of pyridine rings is 2. The number of carbonyl (C=O) groups is 2. The van der Waals surface area contributed by atoms with Crippen LogP contribution < -0.4 is 20.5 Å². The number of anilines is 1. The van der Waals surface area contributed by atoms with E-state index in [9.17, 15) is 9.59 Å². The quantitative estimate of drug-likeness (QED) is 0.424. The second kappa shape index (κ2) is 10.1. The molecule has 0 aliphatic heterocycles. The zero-order chi connectivity index (χ0) is 23.0. The minimum absolute atomic E-state index is 0.323. The van der Waals surface area contributed by atoms with Crippen LogP contribution in [0.15, 0.2) is 91.4 Å². The highest BCUT2D eigenvalue weighted by molar-refractivity contribution is 6.04. The third-order valence-corrected chi connectivity index (χ3v) is 4.64. The normalized spacial score (nSPS) is 10.3. The Hall–Kier alpha value is -4.72. The van der Waals surface area contributed by atoms with Gasteiger partial charge in [0.15, 0.2) is 11.6 Å². The van der Waals surface area contributed by atoms with E-state index in [1.54, 1.807) is 79.3 Å². The standard InChI is InChI=1S/C25H20N4O4/c26-23(30)18-3-7-20(8-4-18)33-21-9-5-19(6-10-21)25(31)29-24-22(2-1-13-28-24)32-16-17-11-14-27-15-12-17/h1-15H,16H2,(H2,26,30)(H,28,29,31). The van der Waals surface area contributed by atoms with E-state index in [0.29, 0.717) is 40.8 Å². The summed E-state index contributed by atoms with van der Waals surface area (Å²) in [5.74, 6) is 1.03. The summed E-state index contributed by atoms with van der Waals surface area (Å²) < 4.78 is 11.6. The number of nitrogens with one attached hydrogen (secondary N) is 1. The van der Waals surface area contributed by atoms with Crippen molar-refractivity contribution in [1.82, 2.24) is 9.97 Å². The lowest BCUT2D eigenvalue weighted by Gasteiger charge is -2.12. The minimum Gasteiger partial charge on any atom is -0.485 e. The second-order valence-electron chi connectivity index (χ2n) is 6.96. The summed E-state index contributed by atoms with van der Waals surface area (Å²) in [4.78, 5) is 32.1. The van der Waals surface area contributed by atoms with Crippen LogP contribution in [0.1, 0.15) is 26.3 Å². The topological polar surface area (TPSA) is 116 Å². The molecule has 2 aromatic heterocycles. The number of amides is 2. The zero-order valence-electron chi connectivity index (χ0n) is 17.5. The summed E-state index contributed by atoms with van der Waals surface area (Å²) in [6.45, 7) is 0.323. The van der Waals surface area contributed by atoms with Gasteiger partial charge in [-0.1, -0.05) is 0 Å². The predicted octanol–water partition coefficient (Wildman–Crippen LogP) is 4.20. The Bertz CT molecular complexity index is 1240. The Morgan fingerprint density at radius 2 is 1.45 bits per heavy atom. The number of nitrogens with zero attached hydrogens (tertiary/aromatic N) is 2. The van der Waals surface area contributed by atoms with Gasteiger partial charge in [-0.3, -0.25) is 14.6 Å². The molecular formula is C25H20N4O4. The van der Waals surface area contributed by atoms with E-state index >= 15 is 0 Å². The number of benzene rings is 2. The molecule has 0 bridgehead atoms. The molecule has 0 fully saturated rings. The molecule has 0 aliphatic rings. The second-order valence-corrected chi connectivity index (χ2v) is 6.96. The van der Waals surface area contributed by atoms with E-state index in [2.05, 4.69) is 15.3 Å². The Labute approximate surface area is 190 Å². The highest BCUT2D eigenvalue weighted by Crippen LogP contribution is 2.25. The van der Waals surface area contributed by atoms with Gasteiger partial charge in [0.1, 0.15) is 18.1 Å². The third kappa shape index (κ3) is 5.71. The molecule has 0 radical (unpaired) electrons. The molecule has 0 saturated heterocycles. The number of rotatable bonds is 8. The largest absolute Gasteiger partial charge is 0.485 e. The lowest BCUT2D eigenvalue weighted by atomic mass is 10.2. The van der Waals surface area contributed by atoms with E-state index in [0.717, 1.165) is 5.56 Å². The van der Waals surface area contributed by atoms with Gasteiger partial charge in [-0.25, -0.2) is 4.98 Å². The highest BCUT2D eigenvalue weighted by atomic mass is 16.5. The molecule has 33 heavy (non-hydrogen) atoms. The number of hydrogen-bond acceptors (Lipinski definition) is 6. The summed E-state index contributed by atoms with van der Waals surface area (Å²) in [7, 11) is 0. The van der Waals surface area contributed by atoms with Crippen molar-refractivity contribution in [2.24, 2.45) is 5.73 Å². The van der Waals surface area contributed by atoms with Gasteiger partial charge in [0, 0.05) is 29.7 Å². The summed E-state index contributed by atoms with van der Waals surface area (Å²) in [5, 5.41) is 2.78. The molecule has 0 unspecified atom stereocenters. The van der Waals surface area contributed by atoms with Crippen molar-refractivity contribution in [2.75, 3.05) is 5.32 Å². The van der Waals surface area contributed by atoms with Crippen molar-refractivity contribution in [3.8, 4) is 17.2 Å². The number of ether oxygens (including phenoxy) is 2. The molecule has 0 saturated carbocycles. The maximum atomic E-state index is 12.7. The van der Waals surface area contributed by atoms with Crippen LogP contribution in [0.2, 0.25) is 0 Å². The molecule has 3 N–H and O–H groups in total. The molecule has 2 heterocycles. The fraction of sp³-hybridized carbons (Fsp3) is 0.0400. The smallest absolute Gasteiger partial charge is 0.256 e. The van der Waals surface area contributed by atoms with Crippen LogP contribution >= 0.6 is 0 Å². The molecule has 8 heteroatoms. The van der Waals surface area contributed by atoms with Crippen molar-refractivity contribution in [3.63, 3.8) is 0 Å². The summed E-state index contributed by atoms with van der Waals surface area (Å²) >= 11 is 0. The predicted molar refractivity (Wildman–Crippen MR) is 122 cm³/mol. The van der Waals surface area contributed by atoms with E-state index in [1.165, 1.54) is 0 Å². The zero-order valence-corrected chi connectivity index (χ0v) is 17.5. The molecule has 0 spiro atoms. The Kier molecular flexibility index (Phi) is 6.56. The molecule has 8 nitrogen and oxygen atoms in total. The van der Waals surface area contributed by atoms with E-state index < -0.39 is 5.91 Å². The average molecular weight is 440 g/mol. The summed E-state index contributed by atoms with van der Waals surface area (Å²) in [6.07, 6.45) is 4.96. The molecule has 164 valence electrons. The first kappa shape index (κ1) is 21.5. The highest BCUT2D eigenvalue weighted by Gasteiger charge is 2.12. The van der Waals surface area contributed by atoms with Crippen molar-refractivity contribution < 1.29 is 19.1 Å². The molecule has 4 aromatic rings. The van der Waals surface area contributed by atoms with Crippen LogP contribution in [-0.2, 0) is 6.61 Å². The van der Waals surface area contributed by atoms with Gasteiger partial charge in [-0.05, 0) is 78.4 Å². The first-order chi connectivity index (χ1) is 16.1. The minimum atomic E-state index is -0.504. The van der Waals surface area contributed by atoms with E-state index in [1.807, 2.05) is 12.1 Å². The van der Waals surface area contributed by atoms with Gasteiger partial charge in [-0.2, -0.15) is 0 Å². The Balaban J connectivity index is 1.39. The van der Waals surface area contributed by atoms with Crippen molar-refractivity contribution in [3.05, 3.63) is 108 Å². The number of hydrogen-bond donors (Lipinski definition) is 2. The van der Waals surface area contributed by atoms with Crippen LogP contribution in [0.25, 0.3) is 0 Å². The Morgan fingerprint density at radius 1 is 0.818 bits per heavy atom. The summed E-state index contributed by atoms with van der Waals surface area (Å²) in [5.41, 5.74) is 7.01. The first-order valence-corrected chi connectivity index (χ1v) is 10.0. The number of carbonyl (C=O) groups excluding carboxylic acids is 2. The molecule has 0 atom stereocenters. The molecule has 4 rings (SSSR count). The maximum Gasteiger partial charge on any atom is 0.256 e. The lowest BCUT2D eigenvalue weighted by Crippen LogP contribution is -2.14. The maximum absolute atomic E-state index is 12.7. The van der Waals surface area contributed by atoms with Crippen molar-refractivity contribution in [2.45, 2.75) is 6.61 Å². The molecule has 2 amide bonds. The van der Waals surface area contributed by atoms with Crippen LogP contribution in [0, 0.1) is 0 Å². The van der Waals surface area contributed by atoms with E-state index in [-0.39, 0.29) is 5.91 Å². The Morgan fingerprint density at radius 3 is 2.09 bits per heavy atom. The molecule has 0 aliphatic carbocycles. The van der Waals surface area contributed by atoms with Gasteiger partial charge in [0.25, 0.3) is 5.91 Å². The van der Waals surface area contributed by atoms with Gasteiger partial charge in [-0.15, -0.1) is 0 Å². The summed E-state index contributed by atoms with van der Waals surface area (Å²) in [6, 6.07) is 20.3. The van der Waals surface area contributed by atoms with Crippen LogP contribution in [-0.4, -0.2) is 21.8 Å². The van der Waals surface area contributed by atoms with Crippen LogP contribution in [0.3, 0.4) is 0 Å². The number of aromatic nitrogens is 2. The molecule has 2 aromatic carbocycles. The van der Waals surface area contributed by atoms with Crippen molar-refractivity contribution in [1.29, 1.82) is 0 Å².